The molecule has 8 heteroatoms. The van der Waals surface area contributed by atoms with Crippen molar-refractivity contribution in [1.82, 2.24) is 24.2 Å². The molecule has 2 N–H and O–H groups in total. The molecule has 3 aromatic rings. The third-order valence-electron chi connectivity index (χ3n) is 5.29. The van der Waals surface area contributed by atoms with E-state index < -0.39 is 12.0 Å². The molecule has 0 radical (unpaired) electrons. The van der Waals surface area contributed by atoms with Gasteiger partial charge in [-0.25, -0.2) is 9.67 Å². The van der Waals surface area contributed by atoms with E-state index in [1.807, 2.05) is 53.9 Å². The van der Waals surface area contributed by atoms with Crippen molar-refractivity contribution in [1.29, 1.82) is 0 Å². The third-order valence-corrected chi connectivity index (χ3v) is 5.29. The summed E-state index contributed by atoms with van der Waals surface area (Å²) in [5, 5.41) is 9.74. The number of imidazole rings is 1. The minimum Gasteiger partial charge on any atom is -0.480 e. The topological polar surface area (TPSA) is 96.2 Å². The van der Waals surface area contributed by atoms with Gasteiger partial charge < -0.3 is 10.1 Å². The summed E-state index contributed by atoms with van der Waals surface area (Å²) in [6.45, 7) is 2.70. The molecule has 8 nitrogen and oxygen atoms in total. The quantitative estimate of drug-likeness (QED) is 0.726. The largest absolute Gasteiger partial charge is 0.480 e. The van der Waals surface area contributed by atoms with Crippen molar-refractivity contribution in [3.05, 3.63) is 69.7 Å². The number of H-pyrrole nitrogens is 1. The molecule has 0 amide bonds. The van der Waals surface area contributed by atoms with Crippen LogP contribution in [0.15, 0.2) is 41.5 Å². The molecule has 0 fully saturated rings. The summed E-state index contributed by atoms with van der Waals surface area (Å²) in [5.41, 5.74) is 3.46. The number of carboxylic acid groups (broad SMARTS) is 1. The normalized spacial score (nSPS) is 17.0. The zero-order valence-electron chi connectivity index (χ0n) is 15.2. The summed E-state index contributed by atoms with van der Waals surface area (Å²) in [7, 11) is 1.84. The summed E-state index contributed by atoms with van der Waals surface area (Å²) in [6, 6.07) is 8.56. The minimum atomic E-state index is -0.958. The Morgan fingerprint density at radius 2 is 2.07 bits per heavy atom. The Morgan fingerprint density at radius 3 is 2.78 bits per heavy atom. The average Bonchev–Trinajstić information content (AvgIpc) is 3.21. The number of carbonyl (C=O) groups is 1. The van der Waals surface area contributed by atoms with Gasteiger partial charge in [0.1, 0.15) is 0 Å². The molecule has 0 aliphatic carbocycles. The second-order valence-electron chi connectivity index (χ2n) is 6.77. The van der Waals surface area contributed by atoms with Crippen molar-refractivity contribution in [2.24, 2.45) is 7.05 Å². The van der Waals surface area contributed by atoms with Crippen molar-refractivity contribution in [3.63, 3.8) is 0 Å². The Morgan fingerprint density at radius 1 is 1.33 bits per heavy atom. The third kappa shape index (κ3) is 2.78. The molecule has 2 aromatic heterocycles. The summed E-state index contributed by atoms with van der Waals surface area (Å²) >= 11 is 0. The second kappa shape index (κ2) is 6.55. The van der Waals surface area contributed by atoms with Crippen LogP contribution in [0.25, 0.3) is 5.69 Å². The van der Waals surface area contributed by atoms with Crippen molar-refractivity contribution in [2.75, 3.05) is 6.54 Å². The van der Waals surface area contributed by atoms with E-state index in [9.17, 15) is 14.7 Å². The Kier molecular flexibility index (Phi) is 4.19. The monoisotopic (exact) mass is 367 g/mol. The highest BCUT2D eigenvalue weighted by Crippen LogP contribution is 2.29. The zero-order valence-corrected chi connectivity index (χ0v) is 15.2. The lowest BCUT2D eigenvalue weighted by Gasteiger charge is -2.31. The van der Waals surface area contributed by atoms with E-state index in [0.29, 0.717) is 24.2 Å². The van der Waals surface area contributed by atoms with E-state index in [1.54, 1.807) is 4.68 Å². The van der Waals surface area contributed by atoms with E-state index in [2.05, 4.69) is 9.97 Å². The van der Waals surface area contributed by atoms with E-state index in [4.69, 9.17) is 0 Å². The first-order valence-corrected chi connectivity index (χ1v) is 8.81. The minimum absolute atomic E-state index is 0.127. The van der Waals surface area contributed by atoms with Crippen LogP contribution in [0.4, 0.5) is 0 Å². The molecule has 3 heterocycles. The molecular formula is C19H21N5O3. The highest BCUT2D eigenvalue weighted by Gasteiger charge is 2.36. The molecule has 0 bridgehead atoms. The number of hydrogen-bond donors (Lipinski definition) is 2. The average molecular weight is 367 g/mol. The number of hydrogen-bond acceptors (Lipinski definition) is 4. The van der Waals surface area contributed by atoms with Gasteiger partial charge in [0.2, 0.25) is 0 Å². The van der Waals surface area contributed by atoms with Gasteiger partial charge in [-0.2, -0.15) is 0 Å². The summed E-state index contributed by atoms with van der Waals surface area (Å²) < 4.78 is 3.43. The fourth-order valence-corrected chi connectivity index (χ4v) is 3.78. The fraction of sp³-hybridized carbons (Fsp3) is 0.316. The van der Waals surface area contributed by atoms with Crippen LogP contribution < -0.4 is 5.56 Å². The Bertz CT molecular complexity index is 1050. The van der Waals surface area contributed by atoms with Crippen molar-refractivity contribution >= 4 is 5.97 Å². The number of aromatic amines is 1. The second-order valence-corrected chi connectivity index (χ2v) is 6.77. The summed E-state index contributed by atoms with van der Waals surface area (Å²) in [6.07, 6.45) is 2.21. The van der Waals surface area contributed by atoms with E-state index in [1.165, 1.54) is 6.33 Å². The zero-order chi connectivity index (χ0) is 19.1. The maximum absolute atomic E-state index is 13.1. The molecule has 0 saturated heterocycles. The maximum Gasteiger partial charge on any atom is 0.327 e. The van der Waals surface area contributed by atoms with E-state index >= 15 is 0 Å². The molecule has 0 spiro atoms. The van der Waals surface area contributed by atoms with Gasteiger partial charge in [0.25, 0.3) is 5.56 Å². The molecule has 4 rings (SSSR count). The number of rotatable bonds is 4. The number of aliphatic carboxylic acids is 1. The van der Waals surface area contributed by atoms with Gasteiger partial charge in [-0.15, -0.1) is 0 Å². The lowest BCUT2D eigenvalue weighted by molar-refractivity contribution is -0.144. The SMILES string of the molecule is Cc1c(CN2CCc3[nH]cnc3C2C(=O)O)c(=O)n(-c2ccccc2)n1C. The van der Waals surface area contributed by atoms with Crippen LogP contribution in [-0.4, -0.2) is 41.9 Å². The lowest BCUT2D eigenvalue weighted by atomic mass is 10.0. The standard InChI is InChI=1S/C19H21N5O3/c1-12-14(18(25)24(22(12)2)13-6-4-3-5-7-13)10-23-9-8-15-16(21-11-20-15)17(23)19(26)27/h3-7,11,17H,8-10H2,1-2H3,(H,20,21)(H,26,27). The van der Waals surface area contributed by atoms with Crippen LogP contribution in [0, 0.1) is 6.92 Å². The number of nitrogens with one attached hydrogen (secondary N) is 1. The smallest absolute Gasteiger partial charge is 0.327 e. The van der Waals surface area contributed by atoms with Gasteiger partial charge in [-0.3, -0.25) is 19.2 Å². The van der Waals surface area contributed by atoms with Crippen LogP contribution in [0.1, 0.15) is 28.7 Å². The Balaban J connectivity index is 1.73. The van der Waals surface area contributed by atoms with Gasteiger partial charge in [0, 0.05) is 37.9 Å². The number of nitrogens with zero attached hydrogens (tertiary/aromatic N) is 4. The van der Waals surface area contributed by atoms with Crippen LogP contribution in [-0.2, 0) is 24.8 Å². The van der Waals surface area contributed by atoms with Crippen molar-refractivity contribution < 1.29 is 9.90 Å². The summed E-state index contributed by atoms with van der Waals surface area (Å²) in [4.78, 5) is 34.0. The molecule has 1 aliphatic heterocycles. The molecule has 1 unspecified atom stereocenters. The van der Waals surface area contributed by atoms with Gasteiger partial charge in [0.15, 0.2) is 6.04 Å². The number of para-hydroxylation sites is 1. The fourth-order valence-electron chi connectivity index (χ4n) is 3.78. The van der Waals surface area contributed by atoms with Crippen LogP contribution in [0.2, 0.25) is 0 Å². The van der Waals surface area contributed by atoms with Crippen molar-refractivity contribution in [3.8, 4) is 5.69 Å². The predicted octanol–water partition coefficient (Wildman–Crippen LogP) is 1.39. The lowest BCUT2D eigenvalue weighted by Crippen LogP contribution is -2.40. The molecule has 1 aromatic carbocycles. The summed E-state index contributed by atoms with van der Waals surface area (Å²) in [5.74, 6) is -0.958. The maximum atomic E-state index is 13.1. The number of benzene rings is 1. The molecule has 1 aliphatic rings. The van der Waals surface area contributed by atoms with Crippen LogP contribution in [0.5, 0.6) is 0 Å². The first-order valence-electron chi connectivity index (χ1n) is 8.81. The Labute approximate surface area is 155 Å². The van der Waals surface area contributed by atoms with Crippen LogP contribution >= 0.6 is 0 Å². The van der Waals surface area contributed by atoms with E-state index in [0.717, 1.165) is 17.1 Å². The predicted molar refractivity (Wildman–Crippen MR) is 98.8 cm³/mol. The highest BCUT2D eigenvalue weighted by atomic mass is 16.4. The Hall–Kier alpha value is -3.13. The number of aromatic nitrogens is 4. The molecular weight excluding hydrogens is 346 g/mol. The molecule has 1 atom stereocenters. The van der Waals surface area contributed by atoms with Gasteiger partial charge in [0.05, 0.1) is 23.3 Å². The molecule has 27 heavy (non-hydrogen) atoms. The number of fused-ring (bicyclic) bond motifs is 1. The molecule has 140 valence electrons. The van der Waals surface area contributed by atoms with Gasteiger partial charge in [-0.1, -0.05) is 18.2 Å². The van der Waals surface area contributed by atoms with Gasteiger partial charge >= 0.3 is 5.97 Å². The first kappa shape index (κ1) is 17.3. The highest BCUT2D eigenvalue weighted by molar-refractivity contribution is 5.75. The van der Waals surface area contributed by atoms with E-state index in [-0.39, 0.29) is 12.1 Å². The first-order chi connectivity index (χ1) is 13.0. The van der Waals surface area contributed by atoms with Crippen molar-refractivity contribution in [2.45, 2.75) is 25.9 Å². The molecule has 0 saturated carbocycles. The van der Waals surface area contributed by atoms with Crippen LogP contribution in [0.3, 0.4) is 0 Å². The number of carboxylic acids is 1. The van der Waals surface area contributed by atoms with Gasteiger partial charge in [-0.05, 0) is 19.1 Å².